The zero-order chi connectivity index (χ0) is 27.5. The number of carbonyl (C=O) groups excluding carboxylic acids is 1. The fourth-order valence-corrected chi connectivity index (χ4v) is 5.48. The number of benzene rings is 4. The molecule has 1 aliphatic heterocycles. The van der Waals surface area contributed by atoms with Gasteiger partial charge in [0.1, 0.15) is 12.4 Å². The number of amides is 1. The lowest BCUT2D eigenvalue weighted by atomic mass is 9.93. The average Bonchev–Trinajstić information content (AvgIpc) is 3.00. The smallest absolute Gasteiger partial charge is 0.336 e. The number of fused-ring (bicyclic) bond motifs is 2. The van der Waals surface area contributed by atoms with Crippen LogP contribution >= 0.6 is 0 Å². The van der Waals surface area contributed by atoms with E-state index in [0.29, 0.717) is 36.6 Å². The Morgan fingerprint density at radius 3 is 2.65 bits per heavy atom. The number of rotatable bonds is 7. The summed E-state index contributed by atoms with van der Waals surface area (Å²) in [4.78, 5) is 26.9. The number of aromatic carboxylic acids is 1. The van der Waals surface area contributed by atoms with Crippen LogP contribution in [-0.4, -0.2) is 30.1 Å². The molecule has 40 heavy (non-hydrogen) atoms. The van der Waals surface area contributed by atoms with Gasteiger partial charge in [0.05, 0.1) is 17.8 Å². The van der Waals surface area contributed by atoms with Gasteiger partial charge in [-0.1, -0.05) is 72.8 Å². The number of hydrogen-bond donors (Lipinski definition) is 2. The summed E-state index contributed by atoms with van der Waals surface area (Å²) in [7, 11) is 0. The van der Waals surface area contributed by atoms with Crippen molar-refractivity contribution in [3.05, 3.63) is 124 Å². The van der Waals surface area contributed by atoms with Crippen molar-refractivity contribution in [1.29, 1.82) is 0 Å². The Morgan fingerprint density at radius 2 is 1.80 bits per heavy atom. The minimum Gasteiger partial charge on any atom is -0.490 e. The van der Waals surface area contributed by atoms with Gasteiger partial charge >= 0.3 is 5.97 Å². The molecule has 6 nitrogen and oxygen atoms in total. The lowest BCUT2D eigenvalue weighted by Crippen LogP contribution is -2.32. The summed E-state index contributed by atoms with van der Waals surface area (Å²) in [5.74, 6) is -0.363. The number of aryl methyl sites for hydroxylation is 1. The molecule has 4 aromatic carbocycles. The van der Waals surface area contributed by atoms with Crippen LogP contribution in [0.25, 0.3) is 17.2 Å². The average molecular weight is 531 g/mol. The standard InChI is InChI=1S/C34H30N2O4/c37-33(35-21-27-8-5-7-24-6-1-2-9-28(24)27)26-16-17-31-32(20-26)40-19-18-36(31)22-23-12-14-25(15-13-23)29-10-3-4-11-30(29)34(38)39/h2-5,7-17,20H,1,6,18-19,21-22H2,(H,35,37)(H,38,39). The number of carboxylic acid groups (broad SMARTS) is 1. The quantitative estimate of drug-likeness (QED) is 0.292. The maximum absolute atomic E-state index is 13.0. The van der Waals surface area contributed by atoms with E-state index in [1.54, 1.807) is 12.1 Å². The van der Waals surface area contributed by atoms with E-state index >= 15 is 0 Å². The number of nitrogens with zero attached hydrogens (tertiary/aromatic N) is 1. The van der Waals surface area contributed by atoms with Gasteiger partial charge in [0, 0.05) is 18.7 Å². The molecule has 1 amide bonds. The van der Waals surface area contributed by atoms with Crippen molar-refractivity contribution in [3.63, 3.8) is 0 Å². The SMILES string of the molecule is O=C(NCc1cccc2c1C=CCC2)c1ccc2c(c1)OCCN2Cc1ccc(-c2ccccc2C(=O)O)cc1. The lowest BCUT2D eigenvalue weighted by molar-refractivity contribution is 0.0697. The number of carbonyl (C=O) groups is 2. The van der Waals surface area contributed by atoms with E-state index in [0.717, 1.165) is 41.8 Å². The Kier molecular flexibility index (Phi) is 7.06. The van der Waals surface area contributed by atoms with E-state index in [4.69, 9.17) is 4.74 Å². The minimum atomic E-state index is -0.936. The van der Waals surface area contributed by atoms with Gasteiger partial charge in [-0.05, 0) is 70.5 Å². The summed E-state index contributed by atoms with van der Waals surface area (Å²) in [6.07, 6.45) is 6.44. The third-order valence-electron chi connectivity index (χ3n) is 7.57. The molecule has 0 saturated carbocycles. The Bertz CT molecular complexity index is 1610. The van der Waals surface area contributed by atoms with E-state index in [1.165, 1.54) is 11.1 Å². The first-order chi connectivity index (χ1) is 19.6. The number of ether oxygens (including phenoxy) is 1. The summed E-state index contributed by atoms with van der Waals surface area (Å²) in [5.41, 5.74) is 8.16. The van der Waals surface area contributed by atoms with Crippen molar-refractivity contribution >= 4 is 23.6 Å². The Labute approximate surface area is 233 Å². The highest BCUT2D eigenvalue weighted by Crippen LogP contribution is 2.34. The van der Waals surface area contributed by atoms with Crippen LogP contribution in [0.15, 0.2) is 91.0 Å². The Balaban J connectivity index is 1.14. The first-order valence-corrected chi connectivity index (χ1v) is 13.6. The molecule has 6 heteroatoms. The molecule has 0 saturated heterocycles. The third-order valence-corrected chi connectivity index (χ3v) is 7.57. The second kappa shape index (κ2) is 11.1. The van der Waals surface area contributed by atoms with Crippen molar-refractivity contribution in [2.75, 3.05) is 18.1 Å². The van der Waals surface area contributed by atoms with Gasteiger partial charge in [-0.3, -0.25) is 4.79 Å². The van der Waals surface area contributed by atoms with Crippen LogP contribution in [0.1, 0.15) is 49.4 Å². The van der Waals surface area contributed by atoms with Gasteiger partial charge in [0.2, 0.25) is 0 Å². The highest BCUT2D eigenvalue weighted by molar-refractivity contribution is 5.96. The van der Waals surface area contributed by atoms with E-state index < -0.39 is 5.97 Å². The molecule has 1 heterocycles. The number of nitrogens with one attached hydrogen (secondary N) is 1. The highest BCUT2D eigenvalue weighted by atomic mass is 16.5. The third kappa shape index (κ3) is 5.21. The number of hydrogen-bond acceptors (Lipinski definition) is 4. The predicted octanol–water partition coefficient (Wildman–Crippen LogP) is 6.34. The Morgan fingerprint density at radius 1 is 0.950 bits per heavy atom. The van der Waals surface area contributed by atoms with E-state index in [-0.39, 0.29) is 11.5 Å². The van der Waals surface area contributed by atoms with Crippen LogP contribution in [0.3, 0.4) is 0 Å². The fraction of sp³-hybridized carbons (Fsp3) is 0.176. The summed E-state index contributed by atoms with van der Waals surface area (Å²) in [6, 6.07) is 26.9. The van der Waals surface area contributed by atoms with Gasteiger partial charge in [-0.2, -0.15) is 0 Å². The Hall–Kier alpha value is -4.84. The second-order valence-corrected chi connectivity index (χ2v) is 10.1. The minimum absolute atomic E-state index is 0.127. The van der Waals surface area contributed by atoms with Gasteiger partial charge in [-0.25, -0.2) is 4.79 Å². The van der Waals surface area contributed by atoms with Crippen LogP contribution in [0.2, 0.25) is 0 Å². The molecule has 2 N–H and O–H groups in total. The van der Waals surface area contributed by atoms with Crippen molar-refractivity contribution < 1.29 is 19.4 Å². The first kappa shape index (κ1) is 25.4. The molecular weight excluding hydrogens is 500 g/mol. The molecule has 0 aromatic heterocycles. The summed E-state index contributed by atoms with van der Waals surface area (Å²) >= 11 is 0. The normalized spacial score (nSPS) is 13.7. The van der Waals surface area contributed by atoms with Gasteiger partial charge < -0.3 is 20.1 Å². The van der Waals surface area contributed by atoms with Crippen LogP contribution in [-0.2, 0) is 19.5 Å². The monoisotopic (exact) mass is 530 g/mol. The van der Waals surface area contributed by atoms with Crippen molar-refractivity contribution in [1.82, 2.24) is 5.32 Å². The summed E-state index contributed by atoms with van der Waals surface area (Å²) < 4.78 is 5.95. The number of allylic oxidation sites excluding steroid dienone is 1. The zero-order valence-corrected chi connectivity index (χ0v) is 22.1. The highest BCUT2D eigenvalue weighted by Gasteiger charge is 2.21. The molecule has 6 rings (SSSR count). The molecule has 0 bridgehead atoms. The van der Waals surface area contributed by atoms with Crippen molar-refractivity contribution in [2.45, 2.75) is 25.9 Å². The molecule has 0 atom stereocenters. The largest absolute Gasteiger partial charge is 0.490 e. The summed E-state index contributed by atoms with van der Waals surface area (Å²) in [5, 5.41) is 12.6. The van der Waals surface area contributed by atoms with Crippen LogP contribution in [0.4, 0.5) is 5.69 Å². The van der Waals surface area contributed by atoms with Crippen LogP contribution < -0.4 is 15.0 Å². The van der Waals surface area contributed by atoms with E-state index in [1.807, 2.05) is 54.6 Å². The van der Waals surface area contributed by atoms with Gasteiger partial charge in [-0.15, -0.1) is 0 Å². The second-order valence-electron chi connectivity index (χ2n) is 10.1. The predicted molar refractivity (Wildman–Crippen MR) is 157 cm³/mol. The zero-order valence-electron chi connectivity index (χ0n) is 22.1. The van der Waals surface area contributed by atoms with Crippen LogP contribution in [0, 0.1) is 0 Å². The molecule has 0 radical (unpaired) electrons. The van der Waals surface area contributed by atoms with E-state index in [2.05, 4.69) is 40.6 Å². The van der Waals surface area contributed by atoms with Gasteiger partial charge in [0.15, 0.2) is 0 Å². The molecule has 4 aromatic rings. The maximum Gasteiger partial charge on any atom is 0.336 e. The molecular formula is C34H30N2O4. The maximum atomic E-state index is 13.0. The molecule has 1 aliphatic carbocycles. The topological polar surface area (TPSA) is 78.9 Å². The first-order valence-electron chi connectivity index (χ1n) is 13.6. The fourth-order valence-electron chi connectivity index (χ4n) is 5.48. The molecule has 2 aliphatic rings. The van der Waals surface area contributed by atoms with Gasteiger partial charge in [0.25, 0.3) is 5.91 Å². The number of anilines is 1. The summed E-state index contributed by atoms with van der Waals surface area (Å²) in [6.45, 7) is 2.41. The van der Waals surface area contributed by atoms with Crippen molar-refractivity contribution in [3.8, 4) is 16.9 Å². The van der Waals surface area contributed by atoms with Crippen LogP contribution in [0.5, 0.6) is 5.75 Å². The molecule has 0 spiro atoms. The lowest BCUT2D eigenvalue weighted by Gasteiger charge is -2.31. The molecule has 200 valence electrons. The molecule has 0 fully saturated rings. The van der Waals surface area contributed by atoms with Crippen molar-refractivity contribution in [2.24, 2.45) is 0 Å². The molecule has 0 unspecified atom stereocenters. The number of carboxylic acids is 1. The van der Waals surface area contributed by atoms with E-state index in [9.17, 15) is 14.7 Å².